The van der Waals surface area contributed by atoms with Gasteiger partial charge in [-0.3, -0.25) is 14.5 Å². The molecule has 0 saturated carbocycles. The monoisotopic (exact) mass is 406 g/mol. The summed E-state index contributed by atoms with van der Waals surface area (Å²) in [5.41, 5.74) is 0.508. The Labute approximate surface area is 168 Å². The van der Waals surface area contributed by atoms with Gasteiger partial charge in [-0.25, -0.2) is 0 Å². The van der Waals surface area contributed by atoms with Crippen molar-refractivity contribution in [3.63, 3.8) is 0 Å². The van der Waals surface area contributed by atoms with Crippen LogP contribution in [0, 0.1) is 6.92 Å². The SMILES string of the molecule is Cc1cc(N2C(=O)C(O)=C(C(=O)c3cc4ccccc4o3)[C@@H]2c2cccs2)no1. The zero-order chi connectivity index (χ0) is 20.1. The molecule has 0 spiro atoms. The molecule has 7 nitrogen and oxygen atoms in total. The Balaban J connectivity index is 1.65. The van der Waals surface area contributed by atoms with E-state index in [-0.39, 0.29) is 17.2 Å². The summed E-state index contributed by atoms with van der Waals surface area (Å²) < 4.78 is 10.8. The van der Waals surface area contributed by atoms with Crippen LogP contribution in [0.5, 0.6) is 0 Å². The molecule has 1 aromatic carbocycles. The lowest BCUT2D eigenvalue weighted by molar-refractivity contribution is -0.117. The number of anilines is 1. The summed E-state index contributed by atoms with van der Waals surface area (Å²) in [5.74, 6) is -1.08. The molecule has 1 atom stereocenters. The van der Waals surface area contributed by atoms with E-state index in [1.807, 2.05) is 23.6 Å². The van der Waals surface area contributed by atoms with Crippen molar-refractivity contribution in [2.75, 3.05) is 4.90 Å². The molecular weight excluding hydrogens is 392 g/mol. The minimum Gasteiger partial charge on any atom is -0.503 e. The second-order valence-corrected chi connectivity index (χ2v) is 7.61. The number of carbonyl (C=O) groups excluding carboxylic acids is 2. The van der Waals surface area contributed by atoms with Gasteiger partial charge in [-0.15, -0.1) is 11.3 Å². The number of nitrogens with zero attached hydrogens (tertiary/aromatic N) is 2. The highest BCUT2D eigenvalue weighted by molar-refractivity contribution is 7.10. The number of aromatic nitrogens is 1. The smallest absolute Gasteiger partial charge is 0.295 e. The van der Waals surface area contributed by atoms with E-state index in [1.54, 1.807) is 37.3 Å². The number of benzene rings is 1. The Morgan fingerprint density at radius 2 is 2.03 bits per heavy atom. The van der Waals surface area contributed by atoms with Crippen molar-refractivity contribution in [1.29, 1.82) is 0 Å². The Bertz CT molecular complexity index is 1250. The molecule has 1 amide bonds. The van der Waals surface area contributed by atoms with Crippen LogP contribution in [0.3, 0.4) is 0 Å². The van der Waals surface area contributed by atoms with Crippen LogP contribution >= 0.6 is 11.3 Å². The van der Waals surface area contributed by atoms with Crippen LogP contribution in [0.1, 0.15) is 27.2 Å². The van der Waals surface area contributed by atoms with Crippen molar-refractivity contribution in [3.8, 4) is 0 Å². The number of carbonyl (C=O) groups is 2. The topological polar surface area (TPSA) is 96.8 Å². The largest absolute Gasteiger partial charge is 0.503 e. The first-order chi connectivity index (χ1) is 14.0. The molecule has 1 aliphatic heterocycles. The maximum absolute atomic E-state index is 13.3. The lowest BCUT2D eigenvalue weighted by atomic mass is 10.00. The van der Waals surface area contributed by atoms with Gasteiger partial charge in [0.25, 0.3) is 5.91 Å². The third kappa shape index (κ3) is 2.68. The number of Topliss-reactive ketones (excluding diaryl/α,β-unsaturated/α-hetero) is 1. The highest BCUT2D eigenvalue weighted by Gasteiger charge is 2.46. The minimum atomic E-state index is -0.826. The summed E-state index contributed by atoms with van der Waals surface area (Å²) >= 11 is 1.37. The van der Waals surface area contributed by atoms with E-state index in [9.17, 15) is 14.7 Å². The van der Waals surface area contributed by atoms with E-state index < -0.39 is 23.5 Å². The number of furan rings is 1. The number of aryl methyl sites for hydroxylation is 1. The van der Waals surface area contributed by atoms with E-state index in [2.05, 4.69) is 5.16 Å². The first-order valence-corrected chi connectivity index (χ1v) is 9.69. The second kappa shape index (κ2) is 6.46. The van der Waals surface area contributed by atoms with E-state index in [4.69, 9.17) is 8.94 Å². The van der Waals surface area contributed by atoms with Crippen LogP contribution < -0.4 is 4.90 Å². The first kappa shape index (κ1) is 17.4. The molecule has 0 aliphatic carbocycles. The highest BCUT2D eigenvalue weighted by Crippen LogP contribution is 2.43. The van der Waals surface area contributed by atoms with Crippen molar-refractivity contribution in [2.45, 2.75) is 13.0 Å². The number of aliphatic hydroxyl groups excluding tert-OH is 1. The van der Waals surface area contributed by atoms with Gasteiger partial charge < -0.3 is 14.0 Å². The fourth-order valence-corrected chi connectivity index (χ4v) is 4.31. The van der Waals surface area contributed by atoms with Gasteiger partial charge in [0.05, 0.1) is 5.57 Å². The number of hydrogen-bond donors (Lipinski definition) is 1. The molecule has 144 valence electrons. The number of fused-ring (bicyclic) bond motifs is 1. The average molecular weight is 406 g/mol. The number of thiophene rings is 1. The molecule has 8 heteroatoms. The quantitative estimate of drug-likeness (QED) is 0.499. The van der Waals surface area contributed by atoms with Gasteiger partial charge >= 0.3 is 0 Å². The Morgan fingerprint density at radius 1 is 1.21 bits per heavy atom. The number of hydrogen-bond acceptors (Lipinski definition) is 7. The van der Waals surface area contributed by atoms with E-state index in [0.29, 0.717) is 16.2 Å². The third-order valence-electron chi connectivity index (χ3n) is 4.78. The van der Waals surface area contributed by atoms with Gasteiger partial charge in [0.2, 0.25) is 5.78 Å². The molecule has 1 N–H and O–H groups in total. The molecule has 0 unspecified atom stereocenters. The number of aliphatic hydroxyl groups is 1. The molecule has 29 heavy (non-hydrogen) atoms. The second-order valence-electron chi connectivity index (χ2n) is 6.63. The molecule has 5 rings (SSSR count). The third-order valence-corrected chi connectivity index (χ3v) is 5.70. The lowest BCUT2D eigenvalue weighted by Gasteiger charge is -2.22. The molecular formula is C21H14N2O5S. The number of ketones is 1. The van der Waals surface area contributed by atoms with Crippen molar-refractivity contribution in [3.05, 3.63) is 81.6 Å². The molecule has 4 aromatic rings. The van der Waals surface area contributed by atoms with Crippen LogP contribution in [0.25, 0.3) is 11.0 Å². The molecule has 3 aromatic heterocycles. The molecule has 0 fully saturated rings. The van der Waals surface area contributed by atoms with Crippen LogP contribution in [-0.2, 0) is 4.79 Å². The summed E-state index contributed by atoms with van der Waals surface area (Å²) in [5, 5.41) is 17.1. The first-order valence-electron chi connectivity index (χ1n) is 8.81. The Kier molecular flexibility index (Phi) is 3.88. The summed E-state index contributed by atoms with van der Waals surface area (Å²) in [4.78, 5) is 28.2. The lowest BCUT2D eigenvalue weighted by Crippen LogP contribution is -2.30. The molecule has 0 saturated heterocycles. The zero-order valence-electron chi connectivity index (χ0n) is 15.2. The normalized spacial score (nSPS) is 16.9. The predicted octanol–water partition coefficient (Wildman–Crippen LogP) is 4.57. The number of para-hydroxylation sites is 1. The highest BCUT2D eigenvalue weighted by atomic mass is 32.1. The van der Waals surface area contributed by atoms with Gasteiger partial charge in [0, 0.05) is 16.3 Å². The Morgan fingerprint density at radius 3 is 2.72 bits per heavy atom. The maximum atomic E-state index is 13.3. The maximum Gasteiger partial charge on any atom is 0.295 e. The van der Waals surface area contributed by atoms with Crippen molar-refractivity contribution < 1.29 is 23.6 Å². The molecule has 0 bridgehead atoms. The van der Waals surface area contributed by atoms with Gasteiger partial charge in [0.15, 0.2) is 17.3 Å². The molecule has 1 aliphatic rings. The van der Waals surface area contributed by atoms with Crippen molar-refractivity contribution in [2.24, 2.45) is 0 Å². The summed E-state index contributed by atoms with van der Waals surface area (Å²) in [6, 6.07) is 13.2. The zero-order valence-corrected chi connectivity index (χ0v) is 16.0. The standard InChI is InChI=1S/C21H14N2O5S/c1-11-9-16(22-28-11)23-18(15-7-4-8-29-15)17(20(25)21(23)26)19(24)14-10-12-5-2-3-6-13(12)27-14/h2-10,18,25H,1H3/t18-/m0/s1. The van der Waals surface area contributed by atoms with E-state index in [1.165, 1.54) is 16.2 Å². The van der Waals surface area contributed by atoms with Gasteiger partial charge in [0.1, 0.15) is 17.4 Å². The number of amides is 1. The van der Waals surface area contributed by atoms with Crippen LogP contribution in [-0.4, -0.2) is 22.0 Å². The van der Waals surface area contributed by atoms with Crippen molar-refractivity contribution in [1.82, 2.24) is 5.16 Å². The predicted molar refractivity (Wildman–Crippen MR) is 106 cm³/mol. The minimum absolute atomic E-state index is 0.0443. The van der Waals surface area contributed by atoms with Crippen LogP contribution in [0.2, 0.25) is 0 Å². The summed E-state index contributed by atoms with van der Waals surface area (Å²) in [6.07, 6.45) is 0. The fraction of sp³-hybridized carbons (Fsp3) is 0.0952. The van der Waals surface area contributed by atoms with Gasteiger partial charge in [-0.1, -0.05) is 29.4 Å². The van der Waals surface area contributed by atoms with Crippen LogP contribution in [0.15, 0.2) is 74.2 Å². The van der Waals surface area contributed by atoms with E-state index >= 15 is 0 Å². The van der Waals surface area contributed by atoms with Crippen LogP contribution in [0.4, 0.5) is 5.82 Å². The number of rotatable bonds is 4. The van der Waals surface area contributed by atoms with Gasteiger partial charge in [-0.2, -0.15) is 0 Å². The van der Waals surface area contributed by atoms with E-state index in [0.717, 1.165) is 5.39 Å². The van der Waals surface area contributed by atoms with Gasteiger partial charge in [-0.05, 0) is 30.5 Å². The Hall–Kier alpha value is -3.65. The molecule has 0 radical (unpaired) electrons. The summed E-state index contributed by atoms with van der Waals surface area (Å²) in [6.45, 7) is 1.70. The average Bonchev–Trinajstić information content (AvgIpc) is 3.49. The fourth-order valence-electron chi connectivity index (χ4n) is 3.48. The van der Waals surface area contributed by atoms with Crippen molar-refractivity contribution >= 4 is 39.8 Å². The summed E-state index contributed by atoms with van der Waals surface area (Å²) in [7, 11) is 0. The molecule has 4 heterocycles.